The summed E-state index contributed by atoms with van der Waals surface area (Å²) in [6, 6.07) is 12.7. The van der Waals surface area contributed by atoms with Gasteiger partial charge in [-0.2, -0.15) is 0 Å². The van der Waals surface area contributed by atoms with E-state index in [1.54, 1.807) is 12.1 Å². The Morgan fingerprint density at radius 2 is 1.30 bits per heavy atom. The van der Waals surface area contributed by atoms with Gasteiger partial charge >= 0.3 is 0 Å². The molecule has 0 N–H and O–H groups in total. The first-order valence-electron chi connectivity index (χ1n) is 6.52. The molecule has 0 aliphatic carbocycles. The van der Waals surface area contributed by atoms with Crippen LogP contribution in [0.1, 0.15) is 18.1 Å². The molecule has 0 spiro atoms. The number of hydrogen-bond acceptors (Lipinski definition) is 0. The van der Waals surface area contributed by atoms with Crippen LogP contribution in [0.25, 0.3) is 11.7 Å². The molecule has 0 nitrogen and oxygen atoms in total. The van der Waals surface area contributed by atoms with Crippen LogP contribution in [0.4, 0.5) is 13.2 Å². The molecular formula is C16H15F3Si. The average Bonchev–Trinajstić information content (AvgIpc) is 2.48. The predicted octanol–water partition coefficient (Wildman–Crippen LogP) is 3.82. The van der Waals surface area contributed by atoms with Crippen LogP contribution >= 0.6 is 0 Å². The van der Waals surface area contributed by atoms with E-state index in [4.69, 9.17) is 0 Å². The molecule has 0 bridgehead atoms. The second-order valence-electron chi connectivity index (χ2n) is 4.58. The summed E-state index contributed by atoms with van der Waals surface area (Å²) in [5, 5.41) is 1.23. The summed E-state index contributed by atoms with van der Waals surface area (Å²) in [6.45, 7) is 2.12. The first-order valence-corrected chi connectivity index (χ1v) is 8.23. The van der Waals surface area contributed by atoms with E-state index in [1.807, 2.05) is 12.1 Å². The zero-order chi connectivity index (χ0) is 14.5. The van der Waals surface area contributed by atoms with E-state index >= 15 is 0 Å². The number of rotatable bonds is 4. The molecular weight excluding hydrogens is 277 g/mol. The summed E-state index contributed by atoms with van der Waals surface area (Å²) in [7, 11) is -0.290. The molecule has 0 heterocycles. The van der Waals surface area contributed by atoms with E-state index in [9.17, 15) is 13.2 Å². The lowest BCUT2D eigenvalue weighted by Crippen LogP contribution is -2.11. The highest BCUT2D eigenvalue weighted by atomic mass is 28.2. The summed E-state index contributed by atoms with van der Waals surface area (Å²) >= 11 is 0. The van der Waals surface area contributed by atoms with Crippen molar-refractivity contribution in [3.05, 3.63) is 65.5 Å². The van der Waals surface area contributed by atoms with Gasteiger partial charge in [-0.15, -0.1) is 0 Å². The Kier molecular flexibility index (Phi) is 4.79. The van der Waals surface area contributed by atoms with Crippen LogP contribution < -0.4 is 5.19 Å². The van der Waals surface area contributed by atoms with Crippen LogP contribution in [0, 0.1) is 5.82 Å². The fourth-order valence-corrected chi connectivity index (χ4v) is 3.10. The van der Waals surface area contributed by atoms with Crippen molar-refractivity contribution in [1.29, 1.82) is 0 Å². The molecule has 0 amide bonds. The maximum absolute atomic E-state index is 14.1. The number of hydrogen-bond donors (Lipinski definition) is 0. The van der Waals surface area contributed by atoms with E-state index in [-0.39, 0.29) is 20.6 Å². The second-order valence-corrected chi connectivity index (χ2v) is 6.90. The summed E-state index contributed by atoms with van der Waals surface area (Å²) in [5.74, 6) is -2.36. The second kappa shape index (κ2) is 6.57. The van der Waals surface area contributed by atoms with Gasteiger partial charge in [-0.25, -0.2) is 13.2 Å². The van der Waals surface area contributed by atoms with E-state index in [2.05, 4.69) is 6.92 Å². The number of benzene rings is 2. The van der Waals surface area contributed by atoms with Crippen LogP contribution in [0.2, 0.25) is 6.04 Å². The monoisotopic (exact) mass is 292 g/mol. The molecule has 20 heavy (non-hydrogen) atoms. The fraction of sp³-hybridized carbons (Fsp3) is 0.125. The van der Waals surface area contributed by atoms with Gasteiger partial charge in [-0.3, -0.25) is 0 Å². The van der Waals surface area contributed by atoms with Gasteiger partial charge in [-0.1, -0.05) is 42.4 Å². The van der Waals surface area contributed by atoms with Crippen LogP contribution in [-0.4, -0.2) is 9.52 Å². The van der Waals surface area contributed by atoms with E-state index in [0.717, 1.165) is 18.2 Å². The summed E-state index contributed by atoms with van der Waals surface area (Å²) in [5.41, 5.74) is 0.247. The minimum atomic E-state index is -0.967. The van der Waals surface area contributed by atoms with Crippen molar-refractivity contribution in [2.24, 2.45) is 0 Å². The van der Waals surface area contributed by atoms with Crippen molar-refractivity contribution in [3.8, 4) is 0 Å². The third-order valence-electron chi connectivity index (χ3n) is 3.04. The molecule has 0 atom stereocenters. The summed E-state index contributed by atoms with van der Waals surface area (Å²) in [4.78, 5) is 0. The molecule has 0 saturated carbocycles. The smallest absolute Gasteiger partial charge is 0.166 e. The molecule has 104 valence electrons. The summed E-state index contributed by atoms with van der Waals surface area (Å²) < 4.78 is 40.8. The molecule has 0 radical (unpaired) electrons. The molecule has 0 fully saturated rings. The molecule has 0 aliphatic heterocycles. The lowest BCUT2D eigenvalue weighted by atomic mass is 10.1. The zero-order valence-corrected chi connectivity index (χ0v) is 12.6. The third kappa shape index (κ3) is 3.39. The average molecular weight is 292 g/mol. The predicted molar refractivity (Wildman–Crippen MR) is 80.5 cm³/mol. The largest absolute Gasteiger partial charge is 0.207 e. The Labute approximate surface area is 118 Å². The van der Waals surface area contributed by atoms with Crippen molar-refractivity contribution in [2.75, 3.05) is 0 Å². The topological polar surface area (TPSA) is 0 Å². The van der Waals surface area contributed by atoms with Crippen LogP contribution in [0.15, 0.2) is 48.5 Å². The van der Waals surface area contributed by atoms with Gasteiger partial charge in [0.25, 0.3) is 0 Å². The van der Waals surface area contributed by atoms with E-state index < -0.39 is 17.5 Å². The highest BCUT2D eigenvalue weighted by Crippen LogP contribution is 2.28. The van der Waals surface area contributed by atoms with Crippen LogP contribution in [-0.2, 0) is 0 Å². The minimum Gasteiger partial charge on any atom is -0.207 e. The third-order valence-corrected chi connectivity index (χ3v) is 4.59. The Hall–Kier alpha value is -1.81. The van der Waals surface area contributed by atoms with E-state index in [0.29, 0.717) is 0 Å². The van der Waals surface area contributed by atoms with E-state index in [1.165, 1.54) is 17.3 Å². The minimum absolute atomic E-state index is 0.0379. The first-order chi connectivity index (χ1) is 9.61. The number of halogens is 3. The quantitative estimate of drug-likeness (QED) is 0.593. The maximum Gasteiger partial charge on any atom is 0.166 e. The standard InChI is InChI=1S/C16H15F3Si/c1-2-20-14-9-5-12(6-10-14)16(19)15(18)11-3-7-13(17)8-4-11/h3-10H,2,20H2,1H3/b16-15+. The van der Waals surface area contributed by atoms with Crippen LogP contribution in [0.5, 0.6) is 0 Å². The van der Waals surface area contributed by atoms with Gasteiger partial charge in [0.2, 0.25) is 0 Å². The Morgan fingerprint density at radius 1 is 0.850 bits per heavy atom. The molecule has 4 heteroatoms. The molecule has 2 rings (SSSR count). The molecule has 0 unspecified atom stereocenters. The molecule has 2 aromatic rings. The molecule has 2 aromatic carbocycles. The Bertz CT molecular complexity index is 601. The lowest BCUT2D eigenvalue weighted by molar-refractivity contribution is 0.627. The van der Waals surface area contributed by atoms with Gasteiger partial charge < -0.3 is 0 Å². The lowest BCUT2D eigenvalue weighted by Gasteiger charge is -2.04. The normalized spacial score (nSPS) is 12.8. The molecule has 0 saturated heterocycles. The van der Waals surface area contributed by atoms with Gasteiger partial charge in [0.05, 0.1) is 9.52 Å². The van der Waals surface area contributed by atoms with Crippen molar-refractivity contribution in [3.63, 3.8) is 0 Å². The molecule has 0 aliphatic rings. The first kappa shape index (κ1) is 14.6. The maximum atomic E-state index is 14.1. The Morgan fingerprint density at radius 3 is 1.75 bits per heavy atom. The zero-order valence-electron chi connectivity index (χ0n) is 11.2. The van der Waals surface area contributed by atoms with Gasteiger partial charge in [0.15, 0.2) is 11.7 Å². The fourth-order valence-electron chi connectivity index (χ4n) is 1.96. The summed E-state index contributed by atoms with van der Waals surface area (Å²) in [6.07, 6.45) is 0. The van der Waals surface area contributed by atoms with Crippen LogP contribution in [0.3, 0.4) is 0 Å². The SMILES string of the molecule is CC[SiH2]c1ccc(/C(F)=C(\F)c2ccc(F)cc2)cc1. The van der Waals surface area contributed by atoms with Gasteiger partial charge in [0.1, 0.15) is 5.82 Å². The van der Waals surface area contributed by atoms with Crippen molar-refractivity contribution >= 4 is 26.4 Å². The molecule has 0 aromatic heterocycles. The Balaban J connectivity index is 2.30. The van der Waals surface area contributed by atoms with Crippen molar-refractivity contribution in [1.82, 2.24) is 0 Å². The highest BCUT2D eigenvalue weighted by Gasteiger charge is 2.11. The van der Waals surface area contributed by atoms with Gasteiger partial charge in [-0.05, 0) is 24.3 Å². The van der Waals surface area contributed by atoms with Gasteiger partial charge in [0, 0.05) is 11.1 Å². The highest BCUT2D eigenvalue weighted by molar-refractivity contribution is 6.53. The van der Waals surface area contributed by atoms with Crippen molar-refractivity contribution in [2.45, 2.75) is 13.0 Å². The van der Waals surface area contributed by atoms with Crippen molar-refractivity contribution < 1.29 is 13.2 Å².